The van der Waals surface area contributed by atoms with Gasteiger partial charge in [0.2, 0.25) is 0 Å². The van der Waals surface area contributed by atoms with Gasteiger partial charge in [-0.3, -0.25) is 0 Å². The lowest BCUT2D eigenvalue weighted by Crippen LogP contribution is -1.96. The van der Waals surface area contributed by atoms with Gasteiger partial charge in [0.25, 0.3) is 0 Å². The second kappa shape index (κ2) is 12.8. The van der Waals surface area contributed by atoms with Crippen molar-refractivity contribution in [1.82, 2.24) is 0 Å². The molecule has 0 aliphatic rings. The van der Waals surface area contributed by atoms with Crippen molar-refractivity contribution in [3.63, 3.8) is 0 Å². The first-order valence-electron chi connectivity index (χ1n) is 7.39. The molecule has 122 valence electrons. The summed E-state index contributed by atoms with van der Waals surface area (Å²) in [4.78, 5) is 21.6. The molecule has 3 N–H and O–H groups in total. The van der Waals surface area contributed by atoms with Crippen LogP contribution in [0.4, 0.5) is 0 Å². The molecule has 0 heterocycles. The highest BCUT2D eigenvalue weighted by Crippen LogP contribution is 2.25. The molecule has 0 fully saturated rings. The first-order chi connectivity index (χ1) is 9.93. The number of rotatable bonds is 9. The van der Waals surface area contributed by atoms with Crippen LogP contribution >= 0.6 is 7.82 Å². The van der Waals surface area contributed by atoms with E-state index in [1.807, 2.05) is 30.3 Å². The third kappa shape index (κ3) is 19.1. The van der Waals surface area contributed by atoms with E-state index in [1.54, 1.807) is 0 Å². The smallest absolute Gasteiger partial charge is 0.466 e. The second-order valence-corrected chi connectivity index (χ2v) is 5.82. The van der Waals surface area contributed by atoms with Gasteiger partial charge in [0, 0.05) is 0 Å². The Labute approximate surface area is 127 Å². The molecule has 0 aliphatic heterocycles. The molecule has 0 radical (unpaired) electrons. The number of benzene rings is 1. The summed E-state index contributed by atoms with van der Waals surface area (Å²) in [7, 11) is -4.64. The average molecular weight is 318 g/mol. The van der Waals surface area contributed by atoms with Crippen LogP contribution in [0.3, 0.4) is 0 Å². The molecule has 0 bridgehead atoms. The van der Waals surface area contributed by atoms with Gasteiger partial charge < -0.3 is 19.4 Å². The van der Waals surface area contributed by atoms with Crippen molar-refractivity contribution in [2.24, 2.45) is 0 Å². The molecule has 0 atom stereocenters. The summed E-state index contributed by atoms with van der Waals surface area (Å²) in [5.74, 6) is 0.994. The Bertz CT molecular complexity index is 369. The van der Waals surface area contributed by atoms with E-state index in [9.17, 15) is 0 Å². The Kier molecular flexibility index (Phi) is 12.3. The summed E-state index contributed by atoms with van der Waals surface area (Å²) in [5.41, 5.74) is 0. The van der Waals surface area contributed by atoms with Gasteiger partial charge in [-0.2, -0.15) is 0 Å². The number of hydrogen-bond acceptors (Lipinski definition) is 2. The first-order valence-corrected chi connectivity index (χ1v) is 8.96. The standard InChI is InChI=1S/C15H24O.H3O4P/c1-2-3-4-5-6-7-11-14-16-15-12-9-8-10-13-15;1-5(2,3)4/h8-10,12-13H,2-7,11,14H2,1H3;(H3,1,2,3,4). The van der Waals surface area contributed by atoms with Crippen molar-refractivity contribution in [2.75, 3.05) is 6.61 Å². The largest absolute Gasteiger partial charge is 0.494 e. The summed E-state index contributed by atoms with van der Waals surface area (Å²) in [6, 6.07) is 10.1. The molecule has 21 heavy (non-hydrogen) atoms. The summed E-state index contributed by atoms with van der Waals surface area (Å²) >= 11 is 0. The fourth-order valence-electron chi connectivity index (χ4n) is 1.77. The normalized spacial score (nSPS) is 10.7. The van der Waals surface area contributed by atoms with Crippen LogP contribution in [-0.4, -0.2) is 21.3 Å². The third-order valence-electron chi connectivity index (χ3n) is 2.76. The fourth-order valence-corrected chi connectivity index (χ4v) is 1.77. The molecule has 1 aromatic carbocycles. The molecule has 0 aromatic heterocycles. The molecule has 5 nitrogen and oxygen atoms in total. The van der Waals surface area contributed by atoms with Gasteiger partial charge in [-0.1, -0.05) is 63.6 Å². The summed E-state index contributed by atoms with van der Waals surface area (Å²) < 4.78 is 14.5. The highest BCUT2D eigenvalue weighted by Gasteiger charge is 2.00. The van der Waals surface area contributed by atoms with E-state index in [1.165, 1.54) is 44.9 Å². The van der Waals surface area contributed by atoms with Crippen molar-refractivity contribution in [2.45, 2.75) is 51.9 Å². The maximum atomic E-state index is 8.88. The molecular formula is C15H27O5P. The van der Waals surface area contributed by atoms with Gasteiger partial charge in [-0.25, -0.2) is 4.57 Å². The van der Waals surface area contributed by atoms with Gasteiger partial charge in [-0.05, 0) is 18.6 Å². The lowest BCUT2D eigenvalue weighted by Gasteiger charge is -2.05. The van der Waals surface area contributed by atoms with Crippen LogP contribution in [0.2, 0.25) is 0 Å². The Hall–Kier alpha value is -0.870. The predicted octanol–water partition coefficient (Wildman–Crippen LogP) is 3.89. The molecule has 0 aliphatic carbocycles. The van der Waals surface area contributed by atoms with Crippen molar-refractivity contribution in [3.05, 3.63) is 30.3 Å². The van der Waals surface area contributed by atoms with Crippen LogP contribution in [0.1, 0.15) is 51.9 Å². The number of phosphoric acid groups is 1. The summed E-state index contributed by atoms with van der Waals surface area (Å²) in [6.07, 6.45) is 9.35. The molecule has 6 heteroatoms. The minimum absolute atomic E-state index is 0.859. The number of unbranched alkanes of at least 4 members (excludes halogenated alkanes) is 6. The van der Waals surface area contributed by atoms with E-state index >= 15 is 0 Å². The monoisotopic (exact) mass is 318 g/mol. The van der Waals surface area contributed by atoms with E-state index in [0.29, 0.717) is 0 Å². The fraction of sp³-hybridized carbons (Fsp3) is 0.600. The highest BCUT2D eigenvalue weighted by molar-refractivity contribution is 7.45. The van der Waals surface area contributed by atoms with E-state index in [2.05, 4.69) is 6.92 Å². The minimum atomic E-state index is -4.64. The predicted molar refractivity (Wildman–Crippen MR) is 84.2 cm³/mol. The van der Waals surface area contributed by atoms with Crippen LogP contribution in [0.25, 0.3) is 0 Å². The lowest BCUT2D eigenvalue weighted by molar-refractivity contribution is 0.275. The maximum Gasteiger partial charge on any atom is 0.466 e. The van der Waals surface area contributed by atoms with E-state index < -0.39 is 7.82 Å². The van der Waals surface area contributed by atoms with Crippen molar-refractivity contribution in [3.8, 4) is 5.75 Å². The lowest BCUT2D eigenvalue weighted by atomic mass is 10.1. The minimum Gasteiger partial charge on any atom is -0.494 e. The SMILES string of the molecule is CCCCCCCCCOc1ccccc1.O=P(O)(O)O. The van der Waals surface area contributed by atoms with Crippen LogP contribution in [0.15, 0.2) is 30.3 Å². The number of ether oxygens (including phenoxy) is 1. The van der Waals surface area contributed by atoms with Crippen LogP contribution < -0.4 is 4.74 Å². The third-order valence-corrected chi connectivity index (χ3v) is 2.76. The zero-order chi connectivity index (χ0) is 16.0. The summed E-state index contributed by atoms with van der Waals surface area (Å²) in [6.45, 7) is 3.12. The molecule has 1 aromatic rings. The molecule has 0 unspecified atom stereocenters. The Morgan fingerprint density at radius 1 is 0.905 bits per heavy atom. The maximum absolute atomic E-state index is 8.88. The Balaban J connectivity index is 0.000000690. The van der Waals surface area contributed by atoms with Crippen LogP contribution in [0, 0.1) is 0 Å². The topological polar surface area (TPSA) is 87.0 Å². The van der Waals surface area contributed by atoms with Crippen molar-refractivity contribution < 1.29 is 24.0 Å². The molecule has 0 saturated heterocycles. The molecule has 1 rings (SSSR count). The number of para-hydroxylation sites is 1. The molecule has 0 amide bonds. The number of hydrogen-bond donors (Lipinski definition) is 3. The molecule has 0 saturated carbocycles. The van der Waals surface area contributed by atoms with Crippen LogP contribution in [-0.2, 0) is 4.57 Å². The van der Waals surface area contributed by atoms with Crippen molar-refractivity contribution >= 4 is 7.82 Å². The Morgan fingerprint density at radius 3 is 1.90 bits per heavy atom. The quantitative estimate of drug-likeness (QED) is 0.475. The van der Waals surface area contributed by atoms with Gasteiger partial charge in [0.05, 0.1) is 6.61 Å². The first kappa shape index (κ1) is 20.1. The molecule has 0 spiro atoms. The highest BCUT2D eigenvalue weighted by atomic mass is 31.2. The zero-order valence-electron chi connectivity index (χ0n) is 12.6. The second-order valence-electron chi connectivity index (χ2n) is 4.80. The van der Waals surface area contributed by atoms with E-state index in [-0.39, 0.29) is 0 Å². The Morgan fingerprint density at radius 2 is 1.38 bits per heavy atom. The zero-order valence-corrected chi connectivity index (χ0v) is 13.5. The van der Waals surface area contributed by atoms with Gasteiger partial charge >= 0.3 is 7.82 Å². The van der Waals surface area contributed by atoms with E-state index in [0.717, 1.165) is 12.4 Å². The van der Waals surface area contributed by atoms with Gasteiger partial charge in [0.15, 0.2) is 0 Å². The van der Waals surface area contributed by atoms with Crippen LogP contribution in [0.5, 0.6) is 5.75 Å². The van der Waals surface area contributed by atoms with Gasteiger partial charge in [-0.15, -0.1) is 0 Å². The summed E-state index contributed by atoms with van der Waals surface area (Å²) in [5, 5.41) is 0. The average Bonchev–Trinajstić information content (AvgIpc) is 2.41. The van der Waals surface area contributed by atoms with Crippen molar-refractivity contribution in [1.29, 1.82) is 0 Å². The van der Waals surface area contributed by atoms with E-state index in [4.69, 9.17) is 24.0 Å². The molecular weight excluding hydrogens is 291 g/mol. The van der Waals surface area contributed by atoms with Gasteiger partial charge in [0.1, 0.15) is 5.75 Å².